The molecule has 1 aromatic carbocycles. The van der Waals surface area contributed by atoms with Gasteiger partial charge in [0.05, 0.1) is 6.04 Å². The SMILES string of the molecule is Cc1ccc2c(n1)SC(C(=O)N[C@@H]1COc3cc(N4CCN[C@H](C)[C@@H]4C)ccc3C1)C2(N)N. The van der Waals surface area contributed by atoms with Crippen LogP contribution in [0.15, 0.2) is 35.4 Å². The fourth-order valence-electron chi connectivity index (χ4n) is 4.90. The number of amides is 1. The zero-order valence-electron chi connectivity index (χ0n) is 19.3. The van der Waals surface area contributed by atoms with E-state index in [1.165, 1.54) is 17.4 Å². The maximum atomic E-state index is 13.1. The Labute approximate surface area is 198 Å². The number of nitrogens with zero attached hydrogens (tertiary/aromatic N) is 2. The van der Waals surface area contributed by atoms with Crippen LogP contribution in [-0.4, -0.2) is 54.0 Å². The lowest BCUT2D eigenvalue weighted by atomic mass is 9.97. The van der Waals surface area contributed by atoms with Gasteiger partial charge in [0, 0.05) is 48.2 Å². The third-order valence-corrected chi connectivity index (χ3v) is 8.41. The molecule has 1 saturated heterocycles. The summed E-state index contributed by atoms with van der Waals surface area (Å²) in [6, 6.07) is 10.9. The standard InChI is InChI=1S/C24H32N6O2S/c1-13-4-7-19-23(28-13)33-21(24(19,25)26)22(31)29-17-10-16-5-6-18(11-20(16)32-12-17)30-9-8-27-14(2)15(30)3/h4-7,11,14-15,17,21,27H,8-10,12,25-26H2,1-3H3,(H,29,31)/t14-,15+,17+,21?/m1/s1. The summed E-state index contributed by atoms with van der Waals surface area (Å²) in [4.78, 5) is 20.1. The van der Waals surface area contributed by atoms with Crippen LogP contribution in [0.4, 0.5) is 5.69 Å². The van der Waals surface area contributed by atoms with Gasteiger partial charge in [0.2, 0.25) is 5.91 Å². The van der Waals surface area contributed by atoms with Gasteiger partial charge in [0.15, 0.2) is 0 Å². The van der Waals surface area contributed by atoms with Crippen LogP contribution >= 0.6 is 11.8 Å². The van der Waals surface area contributed by atoms with E-state index in [0.29, 0.717) is 30.7 Å². The average Bonchev–Trinajstić information content (AvgIpc) is 3.05. The minimum atomic E-state index is -1.26. The van der Waals surface area contributed by atoms with Crippen molar-refractivity contribution in [3.63, 3.8) is 0 Å². The molecule has 5 rings (SSSR count). The highest BCUT2D eigenvalue weighted by Crippen LogP contribution is 2.43. The van der Waals surface area contributed by atoms with Crippen molar-refractivity contribution in [3.8, 4) is 5.75 Å². The highest BCUT2D eigenvalue weighted by Gasteiger charge is 2.47. The summed E-state index contributed by atoms with van der Waals surface area (Å²) in [5.74, 6) is 0.712. The number of hydrogen-bond acceptors (Lipinski definition) is 8. The summed E-state index contributed by atoms with van der Waals surface area (Å²) in [6.07, 6.45) is 0.707. The van der Waals surface area contributed by atoms with E-state index in [0.717, 1.165) is 35.1 Å². The molecular formula is C24H32N6O2S. The molecule has 1 aromatic heterocycles. The monoisotopic (exact) mass is 468 g/mol. The Morgan fingerprint density at radius 3 is 2.94 bits per heavy atom. The number of thioether (sulfide) groups is 1. The first-order chi connectivity index (χ1) is 15.7. The van der Waals surface area contributed by atoms with Crippen molar-refractivity contribution in [2.24, 2.45) is 11.5 Å². The second-order valence-electron chi connectivity index (χ2n) is 9.43. The fraction of sp³-hybridized carbons (Fsp3) is 0.500. The van der Waals surface area contributed by atoms with Crippen molar-refractivity contribution in [1.82, 2.24) is 15.6 Å². The first-order valence-corrected chi connectivity index (χ1v) is 12.4. The van der Waals surface area contributed by atoms with Crippen LogP contribution in [0.5, 0.6) is 5.75 Å². The highest BCUT2D eigenvalue weighted by atomic mass is 32.2. The second kappa shape index (κ2) is 8.47. The normalized spacial score (nSPS) is 28.0. The topological polar surface area (TPSA) is 119 Å². The Hall–Kier alpha value is -2.33. The number of nitrogens with two attached hydrogens (primary N) is 2. The quantitative estimate of drug-likeness (QED) is 0.497. The molecule has 6 N–H and O–H groups in total. The maximum Gasteiger partial charge on any atom is 0.237 e. The first-order valence-electron chi connectivity index (χ1n) is 11.5. The van der Waals surface area contributed by atoms with Crippen LogP contribution in [0.2, 0.25) is 0 Å². The molecule has 4 heterocycles. The molecule has 2 aromatic rings. The van der Waals surface area contributed by atoms with E-state index in [1.54, 1.807) is 0 Å². The number of piperazine rings is 1. The third-order valence-electron chi connectivity index (χ3n) is 7.04. The summed E-state index contributed by atoms with van der Waals surface area (Å²) in [6.45, 7) is 8.73. The number of ether oxygens (including phenoxy) is 1. The zero-order chi connectivity index (χ0) is 23.3. The lowest BCUT2D eigenvalue weighted by molar-refractivity contribution is -0.122. The molecule has 0 spiro atoms. The number of pyridine rings is 1. The predicted octanol–water partition coefficient (Wildman–Crippen LogP) is 1.24. The number of benzene rings is 1. The van der Waals surface area contributed by atoms with Crippen molar-refractivity contribution in [1.29, 1.82) is 0 Å². The molecule has 0 bridgehead atoms. The van der Waals surface area contributed by atoms with Crippen molar-refractivity contribution >= 4 is 23.4 Å². The van der Waals surface area contributed by atoms with E-state index in [4.69, 9.17) is 16.2 Å². The average molecular weight is 469 g/mol. The van der Waals surface area contributed by atoms with Gasteiger partial charge in [0.1, 0.15) is 28.3 Å². The first kappa shape index (κ1) is 22.5. The molecule has 1 amide bonds. The number of rotatable bonds is 3. The molecule has 3 aliphatic rings. The second-order valence-corrected chi connectivity index (χ2v) is 10.5. The van der Waals surface area contributed by atoms with E-state index in [2.05, 4.69) is 52.6 Å². The van der Waals surface area contributed by atoms with Gasteiger partial charge in [-0.1, -0.05) is 23.9 Å². The van der Waals surface area contributed by atoms with E-state index in [9.17, 15) is 4.79 Å². The smallest absolute Gasteiger partial charge is 0.237 e. The van der Waals surface area contributed by atoms with Crippen molar-refractivity contribution in [3.05, 3.63) is 47.2 Å². The van der Waals surface area contributed by atoms with Crippen molar-refractivity contribution in [2.75, 3.05) is 24.6 Å². The molecule has 8 nitrogen and oxygen atoms in total. The van der Waals surface area contributed by atoms with Gasteiger partial charge in [-0.05, 0) is 44.9 Å². The molecule has 3 aliphatic heterocycles. The Morgan fingerprint density at radius 1 is 1.30 bits per heavy atom. The lowest BCUT2D eigenvalue weighted by Crippen LogP contribution is -2.59. The maximum absolute atomic E-state index is 13.1. The van der Waals surface area contributed by atoms with Crippen molar-refractivity contribution < 1.29 is 9.53 Å². The molecule has 176 valence electrons. The summed E-state index contributed by atoms with van der Waals surface area (Å²) in [5.41, 5.74) is 15.4. The molecule has 1 fully saturated rings. The molecule has 0 aliphatic carbocycles. The van der Waals surface area contributed by atoms with Crippen LogP contribution in [0.25, 0.3) is 0 Å². The molecule has 33 heavy (non-hydrogen) atoms. The van der Waals surface area contributed by atoms with Gasteiger partial charge < -0.3 is 31.7 Å². The number of aromatic nitrogens is 1. The van der Waals surface area contributed by atoms with Gasteiger partial charge in [-0.25, -0.2) is 4.98 Å². The summed E-state index contributed by atoms with van der Waals surface area (Å²) >= 11 is 1.33. The summed E-state index contributed by atoms with van der Waals surface area (Å²) in [5, 5.41) is 6.72. The largest absolute Gasteiger partial charge is 0.491 e. The van der Waals surface area contributed by atoms with E-state index in [1.807, 2.05) is 19.1 Å². The van der Waals surface area contributed by atoms with Crippen LogP contribution in [0.3, 0.4) is 0 Å². The van der Waals surface area contributed by atoms with Gasteiger partial charge in [-0.2, -0.15) is 0 Å². The Balaban J connectivity index is 1.26. The fourth-order valence-corrected chi connectivity index (χ4v) is 6.19. The summed E-state index contributed by atoms with van der Waals surface area (Å²) in [7, 11) is 0. The zero-order valence-corrected chi connectivity index (χ0v) is 20.1. The van der Waals surface area contributed by atoms with Gasteiger partial charge in [0.25, 0.3) is 0 Å². The number of nitrogens with one attached hydrogen (secondary N) is 2. The molecule has 0 saturated carbocycles. The highest BCUT2D eigenvalue weighted by molar-refractivity contribution is 8.01. The molecule has 1 unspecified atom stereocenters. The van der Waals surface area contributed by atoms with Crippen LogP contribution in [0.1, 0.15) is 30.7 Å². The number of carbonyl (C=O) groups is 1. The van der Waals surface area contributed by atoms with Gasteiger partial charge in [-0.15, -0.1) is 0 Å². The number of anilines is 1. The lowest BCUT2D eigenvalue weighted by Gasteiger charge is -2.40. The molecule has 4 atom stereocenters. The summed E-state index contributed by atoms with van der Waals surface area (Å²) < 4.78 is 6.08. The predicted molar refractivity (Wildman–Crippen MR) is 131 cm³/mol. The van der Waals surface area contributed by atoms with Crippen LogP contribution < -0.4 is 31.7 Å². The number of aryl methyl sites for hydroxylation is 1. The van der Waals surface area contributed by atoms with E-state index in [-0.39, 0.29) is 11.9 Å². The minimum absolute atomic E-state index is 0.135. The van der Waals surface area contributed by atoms with E-state index >= 15 is 0 Å². The van der Waals surface area contributed by atoms with Crippen LogP contribution in [-0.2, 0) is 16.9 Å². The molecule has 9 heteroatoms. The third kappa shape index (κ3) is 4.07. The van der Waals surface area contributed by atoms with E-state index < -0.39 is 10.9 Å². The molecular weight excluding hydrogens is 436 g/mol. The number of fused-ring (bicyclic) bond motifs is 2. The number of carbonyl (C=O) groups excluding carboxylic acids is 1. The Morgan fingerprint density at radius 2 is 2.12 bits per heavy atom. The molecule has 0 radical (unpaired) electrons. The number of hydrogen-bond donors (Lipinski definition) is 4. The van der Waals surface area contributed by atoms with Crippen molar-refractivity contribution in [2.45, 2.75) is 61.3 Å². The minimum Gasteiger partial charge on any atom is -0.491 e. The Kier molecular flexibility index (Phi) is 5.76. The van der Waals surface area contributed by atoms with Gasteiger partial charge >= 0.3 is 0 Å². The van der Waals surface area contributed by atoms with Gasteiger partial charge in [-0.3, -0.25) is 4.79 Å². The Bertz CT molecular complexity index is 1080. The van der Waals surface area contributed by atoms with Crippen LogP contribution in [0, 0.1) is 6.92 Å².